The molecular formula is C11H13IO5S. The van der Waals surface area contributed by atoms with Crippen LogP contribution in [0, 0.1) is 3.57 Å². The molecule has 0 unspecified atom stereocenters. The maximum Gasteiger partial charge on any atom is 0.335 e. The average Bonchev–Trinajstić information content (AvgIpc) is 2.24. The highest BCUT2D eigenvalue weighted by atomic mass is 127. The lowest BCUT2D eigenvalue weighted by atomic mass is 10.2. The minimum atomic E-state index is -2.99. The molecule has 1 aromatic carbocycles. The van der Waals surface area contributed by atoms with Gasteiger partial charge in [-0.05, 0) is 47.2 Å². The number of carbonyl (C=O) groups is 1. The second-order valence-corrected chi connectivity index (χ2v) is 7.20. The standard InChI is InChI=1S/C11H13IO5S/c1-18(15,16)6-2-5-17-10-7-8(11(13)14)3-4-9(10)12/h3-4,7H,2,5-6H2,1H3,(H,13,14). The molecule has 100 valence electrons. The fraction of sp³-hybridized carbons (Fsp3) is 0.364. The Labute approximate surface area is 119 Å². The Bertz CT molecular complexity index is 538. The second kappa shape index (κ2) is 6.37. The van der Waals surface area contributed by atoms with E-state index in [1.165, 1.54) is 18.4 Å². The first kappa shape index (κ1) is 15.2. The second-order valence-electron chi connectivity index (χ2n) is 3.78. The summed E-state index contributed by atoms with van der Waals surface area (Å²) in [5, 5.41) is 8.84. The fourth-order valence-corrected chi connectivity index (χ4v) is 2.38. The van der Waals surface area contributed by atoms with Crippen LogP contribution in [-0.4, -0.2) is 38.1 Å². The lowest BCUT2D eigenvalue weighted by molar-refractivity contribution is 0.0696. The van der Waals surface area contributed by atoms with E-state index in [9.17, 15) is 13.2 Å². The monoisotopic (exact) mass is 384 g/mol. The predicted molar refractivity (Wildman–Crippen MR) is 75.9 cm³/mol. The minimum absolute atomic E-state index is 0.0577. The summed E-state index contributed by atoms with van der Waals surface area (Å²) in [6.45, 7) is 0.242. The van der Waals surface area contributed by atoms with Crippen LogP contribution in [0.25, 0.3) is 0 Å². The zero-order valence-electron chi connectivity index (χ0n) is 9.72. The van der Waals surface area contributed by atoms with Crippen LogP contribution in [0.3, 0.4) is 0 Å². The van der Waals surface area contributed by atoms with Gasteiger partial charge in [-0.2, -0.15) is 0 Å². The molecule has 0 atom stereocenters. The molecule has 0 aliphatic rings. The maximum absolute atomic E-state index is 10.9. The molecule has 1 aromatic rings. The number of rotatable bonds is 6. The smallest absolute Gasteiger partial charge is 0.335 e. The highest BCUT2D eigenvalue weighted by molar-refractivity contribution is 14.1. The van der Waals surface area contributed by atoms with Crippen LogP contribution in [0.15, 0.2) is 18.2 Å². The highest BCUT2D eigenvalue weighted by Crippen LogP contribution is 2.22. The number of halogens is 1. The summed E-state index contributed by atoms with van der Waals surface area (Å²) in [6, 6.07) is 4.58. The van der Waals surface area contributed by atoms with Crippen molar-refractivity contribution in [2.24, 2.45) is 0 Å². The Hall–Kier alpha value is -0.830. The van der Waals surface area contributed by atoms with E-state index < -0.39 is 15.8 Å². The summed E-state index contributed by atoms with van der Waals surface area (Å²) in [5.41, 5.74) is 0.147. The molecule has 1 N–H and O–H groups in total. The minimum Gasteiger partial charge on any atom is -0.492 e. The lowest BCUT2D eigenvalue weighted by Crippen LogP contribution is -2.08. The van der Waals surface area contributed by atoms with Gasteiger partial charge in [0.25, 0.3) is 0 Å². The van der Waals surface area contributed by atoms with E-state index in [1.54, 1.807) is 6.07 Å². The molecule has 5 nitrogen and oxygen atoms in total. The first-order valence-corrected chi connectivity index (χ1v) is 8.27. The molecule has 0 saturated carbocycles. The third kappa shape index (κ3) is 5.21. The van der Waals surface area contributed by atoms with E-state index in [-0.39, 0.29) is 17.9 Å². The molecule has 0 aliphatic heterocycles. The third-order valence-corrected chi connectivity index (χ3v) is 4.02. The van der Waals surface area contributed by atoms with Crippen molar-refractivity contribution in [2.45, 2.75) is 6.42 Å². The molecule has 7 heteroatoms. The lowest BCUT2D eigenvalue weighted by Gasteiger charge is -2.08. The summed E-state index contributed by atoms with van der Waals surface area (Å²) in [7, 11) is -2.99. The first-order valence-electron chi connectivity index (χ1n) is 5.13. The maximum atomic E-state index is 10.9. The number of carboxylic acid groups (broad SMARTS) is 1. The van der Waals surface area contributed by atoms with E-state index in [4.69, 9.17) is 9.84 Å². The van der Waals surface area contributed by atoms with E-state index in [1.807, 2.05) is 22.6 Å². The molecule has 0 spiro atoms. The Kier molecular flexibility index (Phi) is 5.39. The van der Waals surface area contributed by atoms with Crippen molar-refractivity contribution in [3.8, 4) is 5.75 Å². The number of hydrogen-bond acceptors (Lipinski definition) is 4. The molecule has 1 rings (SSSR count). The molecule has 0 radical (unpaired) electrons. The summed E-state index contributed by atoms with van der Waals surface area (Å²) in [4.78, 5) is 10.8. The topological polar surface area (TPSA) is 80.7 Å². The van der Waals surface area contributed by atoms with Gasteiger partial charge in [0.15, 0.2) is 0 Å². The van der Waals surface area contributed by atoms with Crippen molar-refractivity contribution in [1.29, 1.82) is 0 Å². The van der Waals surface area contributed by atoms with Gasteiger partial charge in [-0.1, -0.05) is 0 Å². The zero-order valence-corrected chi connectivity index (χ0v) is 12.7. The Morgan fingerprint density at radius 2 is 2.11 bits per heavy atom. The summed E-state index contributed by atoms with van der Waals surface area (Å²) < 4.78 is 28.0. The SMILES string of the molecule is CS(=O)(=O)CCCOc1cc(C(=O)O)ccc1I. The highest BCUT2D eigenvalue weighted by Gasteiger charge is 2.08. The number of carboxylic acids is 1. The first-order chi connectivity index (χ1) is 8.29. The van der Waals surface area contributed by atoms with E-state index in [0.29, 0.717) is 12.2 Å². The van der Waals surface area contributed by atoms with Crippen LogP contribution in [0.2, 0.25) is 0 Å². The molecule has 0 aromatic heterocycles. The third-order valence-electron chi connectivity index (χ3n) is 2.10. The van der Waals surface area contributed by atoms with Gasteiger partial charge in [-0.25, -0.2) is 13.2 Å². The summed E-state index contributed by atoms with van der Waals surface area (Å²) in [6.07, 6.45) is 1.55. The summed E-state index contributed by atoms with van der Waals surface area (Å²) in [5.74, 6) is -0.501. The summed E-state index contributed by atoms with van der Waals surface area (Å²) >= 11 is 2.03. The molecular weight excluding hydrogens is 371 g/mol. The fourth-order valence-electron chi connectivity index (χ4n) is 1.25. The molecule has 0 amide bonds. The van der Waals surface area contributed by atoms with Gasteiger partial charge >= 0.3 is 5.97 Å². The molecule has 0 bridgehead atoms. The molecule has 0 aliphatic carbocycles. The number of aromatic carboxylic acids is 1. The molecule has 0 saturated heterocycles. The Morgan fingerprint density at radius 1 is 1.44 bits per heavy atom. The van der Waals surface area contributed by atoms with Crippen LogP contribution < -0.4 is 4.74 Å². The van der Waals surface area contributed by atoms with Crippen molar-refractivity contribution >= 4 is 38.4 Å². The van der Waals surface area contributed by atoms with Gasteiger partial charge in [0, 0.05) is 6.26 Å². The van der Waals surface area contributed by atoms with Crippen LogP contribution in [-0.2, 0) is 9.84 Å². The number of ether oxygens (including phenoxy) is 1. The largest absolute Gasteiger partial charge is 0.492 e. The van der Waals surface area contributed by atoms with Crippen molar-refractivity contribution in [1.82, 2.24) is 0 Å². The van der Waals surface area contributed by atoms with Crippen LogP contribution in [0.1, 0.15) is 16.8 Å². The van der Waals surface area contributed by atoms with Gasteiger partial charge in [-0.3, -0.25) is 0 Å². The van der Waals surface area contributed by atoms with Gasteiger partial charge in [0.05, 0.1) is 21.5 Å². The zero-order chi connectivity index (χ0) is 13.8. The Morgan fingerprint density at radius 3 is 2.67 bits per heavy atom. The van der Waals surface area contributed by atoms with Gasteiger partial charge < -0.3 is 9.84 Å². The van der Waals surface area contributed by atoms with Crippen molar-refractivity contribution in [3.05, 3.63) is 27.3 Å². The van der Waals surface area contributed by atoms with Crippen molar-refractivity contribution in [3.63, 3.8) is 0 Å². The van der Waals surface area contributed by atoms with Gasteiger partial charge in [0.1, 0.15) is 15.6 Å². The van der Waals surface area contributed by atoms with E-state index in [2.05, 4.69) is 0 Å². The Balaban J connectivity index is 2.61. The number of benzene rings is 1. The van der Waals surface area contributed by atoms with E-state index >= 15 is 0 Å². The predicted octanol–water partition coefficient (Wildman–Crippen LogP) is 1.80. The number of sulfone groups is 1. The molecule has 0 fully saturated rings. The number of hydrogen-bond donors (Lipinski definition) is 1. The quantitative estimate of drug-likeness (QED) is 0.598. The van der Waals surface area contributed by atoms with Crippen LogP contribution in [0.5, 0.6) is 5.75 Å². The van der Waals surface area contributed by atoms with E-state index in [0.717, 1.165) is 3.57 Å². The van der Waals surface area contributed by atoms with Crippen molar-refractivity contribution < 1.29 is 23.1 Å². The van der Waals surface area contributed by atoms with Gasteiger partial charge in [-0.15, -0.1) is 0 Å². The molecule has 0 heterocycles. The van der Waals surface area contributed by atoms with Gasteiger partial charge in [0.2, 0.25) is 0 Å². The normalized spacial score (nSPS) is 11.2. The van der Waals surface area contributed by atoms with Crippen LogP contribution >= 0.6 is 22.6 Å². The molecule has 18 heavy (non-hydrogen) atoms. The average molecular weight is 384 g/mol. The van der Waals surface area contributed by atoms with Crippen LogP contribution in [0.4, 0.5) is 0 Å². The van der Waals surface area contributed by atoms with Crippen molar-refractivity contribution in [2.75, 3.05) is 18.6 Å².